The third-order valence-electron chi connectivity index (χ3n) is 3.11. The lowest BCUT2D eigenvalue weighted by Crippen LogP contribution is -2.14. The summed E-state index contributed by atoms with van der Waals surface area (Å²) in [6, 6.07) is 10.4. The van der Waals surface area contributed by atoms with Gasteiger partial charge in [0.25, 0.3) is 5.24 Å². The summed E-state index contributed by atoms with van der Waals surface area (Å²) < 4.78 is 10.2. The second-order valence-corrected chi connectivity index (χ2v) is 4.89. The minimum atomic E-state index is -0.689. The van der Waals surface area contributed by atoms with Gasteiger partial charge in [-0.15, -0.1) is 0 Å². The van der Waals surface area contributed by atoms with Gasteiger partial charge >= 0.3 is 5.97 Å². The standard InChI is InChI=1S/C16H14ClNO4/c1-10(16(20)21-2)13-9-18-14(8-12(13)15(17)19)22-11-6-4-3-5-7-11/h3-10H,1-2H3. The highest BCUT2D eigenvalue weighted by Gasteiger charge is 2.23. The highest BCUT2D eigenvalue weighted by molar-refractivity contribution is 6.68. The summed E-state index contributed by atoms with van der Waals surface area (Å²) in [4.78, 5) is 27.4. The molecule has 0 fully saturated rings. The van der Waals surface area contributed by atoms with Crippen LogP contribution in [0.2, 0.25) is 0 Å². The Balaban J connectivity index is 2.35. The number of aromatic nitrogens is 1. The van der Waals surface area contributed by atoms with Crippen molar-refractivity contribution in [3.63, 3.8) is 0 Å². The Morgan fingerprint density at radius 3 is 2.50 bits per heavy atom. The molecule has 0 aliphatic carbocycles. The van der Waals surface area contributed by atoms with E-state index in [1.165, 1.54) is 19.4 Å². The van der Waals surface area contributed by atoms with Gasteiger partial charge in [0.05, 0.1) is 13.0 Å². The molecule has 0 spiro atoms. The summed E-state index contributed by atoms with van der Waals surface area (Å²) in [5.41, 5.74) is 0.563. The van der Waals surface area contributed by atoms with Crippen LogP contribution in [0.4, 0.5) is 0 Å². The van der Waals surface area contributed by atoms with Crippen LogP contribution in [-0.4, -0.2) is 23.3 Å². The average molecular weight is 320 g/mol. The van der Waals surface area contributed by atoms with Gasteiger partial charge in [-0.2, -0.15) is 0 Å². The Hall–Kier alpha value is -2.40. The monoisotopic (exact) mass is 319 g/mol. The molecular formula is C16H14ClNO4. The van der Waals surface area contributed by atoms with Crippen molar-refractivity contribution in [3.8, 4) is 11.6 Å². The van der Waals surface area contributed by atoms with Crippen LogP contribution in [0.5, 0.6) is 11.6 Å². The molecule has 114 valence electrons. The molecule has 1 atom stereocenters. The normalized spacial score (nSPS) is 11.6. The van der Waals surface area contributed by atoms with Crippen LogP contribution in [0.1, 0.15) is 28.8 Å². The molecule has 5 nitrogen and oxygen atoms in total. The predicted molar refractivity (Wildman–Crippen MR) is 81.4 cm³/mol. The predicted octanol–water partition coefficient (Wildman–Crippen LogP) is 3.53. The quantitative estimate of drug-likeness (QED) is 0.623. The van der Waals surface area contributed by atoms with E-state index in [0.29, 0.717) is 11.3 Å². The van der Waals surface area contributed by atoms with Gasteiger partial charge in [-0.05, 0) is 36.2 Å². The minimum absolute atomic E-state index is 0.167. The third kappa shape index (κ3) is 3.62. The number of para-hydroxylation sites is 1. The van der Waals surface area contributed by atoms with Crippen LogP contribution in [0.25, 0.3) is 0 Å². The first-order valence-electron chi connectivity index (χ1n) is 6.53. The molecule has 0 bridgehead atoms. The van der Waals surface area contributed by atoms with Crippen LogP contribution < -0.4 is 4.74 Å². The molecule has 22 heavy (non-hydrogen) atoms. The van der Waals surface area contributed by atoms with Gasteiger partial charge in [-0.3, -0.25) is 9.59 Å². The molecule has 2 rings (SSSR count). The van der Waals surface area contributed by atoms with Gasteiger partial charge in [0.15, 0.2) is 0 Å². The van der Waals surface area contributed by atoms with Gasteiger partial charge < -0.3 is 9.47 Å². The lowest BCUT2D eigenvalue weighted by Gasteiger charge is -2.13. The summed E-state index contributed by atoms with van der Waals surface area (Å²) in [5, 5.41) is -0.689. The molecule has 6 heteroatoms. The number of benzene rings is 1. The zero-order valence-corrected chi connectivity index (χ0v) is 12.8. The van der Waals surface area contributed by atoms with Gasteiger partial charge in [-0.1, -0.05) is 18.2 Å². The molecule has 0 amide bonds. The van der Waals surface area contributed by atoms with E-state index in [4.69, 9.17) is 16.3 Å². The lowest BCUT2D eigenvalue weighted by molar-refractivity contribution is -0.142. The Kier molecular flexibility index (Phi) is 5.12. The SMILES string of the molecule is COC(=O)C(C)c1cnc(Oc2ccccc2)cc1C(=O)Cl. The number of pyridine rings is 1. The van der Waals surface area contributed by atoms with E-state index in [1.807, 2.05) is 18.2 Å². The molecule has 0 saturated heterocycles. The number of hydrogen-bond donors (Lipinski definition) is 0. The Morgan fingerprint density at radius 1 is 1.23 bits per heavy atom. The molecule has 1 heterocycles. The number of esters is 1. The van der Waals surface area contributed by atoms with Crippen LogP contribution >= 0.6 is 11.6 Å². The molecule has 0 saturated carbocycles. The zero-order chi connectivity index (χ0) is 16.1. The highest BCUT2D eigenvalue weighted by atomic mass is 35.5. The van der Waals surface area contributed by atoms with E-state index >= 15 is 0 Å². The Morgan fingerprint density at radius 2 is 1.91 bits per heavy atom. The molecule has 0 aliphatic rings. The minimum Gasteiger partial charge on any atom is -0.469 e. The van der Waals surface area contributed by atoms with Gasteiger partial charge in [0.1, 0.15) is 5.75 Å². The fraction of sp³-hybridized carbons (Fsp3) is 0.188. The molecule has 2 aromatic rings. The first-order chi connectivity index (χ1) is 10.5. The van der Waals surface area contributed by atoms with Gasteiger partial charge in [0, 0.05) is 17.8 Å². The molecule has 0 aliphatic heterocycles. The Bertz CT molecular complexity index is 688. The number of methoxy groups -OCH3 is 1. The summed E-state index contributed by atoms with van der Waals surface area (Å²) in [6.07, 6.45) is 1.40. The van der Waals surface area contributed by atoms with Gasteiger partial charge in [-0.25, -0.2) is 4.98 Å². The van der Waals surface area contributed by atoms with Crippen molar-refractivity contribution in [2.75, 3.05) is 7.11 Å². The fourth-order valence-electron chi connectivity index (χ4n) is 1.93. The van der Waals surface area contributed by atoms with Crippen molar-refractivity contribution in [2.24, 2.45) is 0 Å². The van der Waals surface area contributed by atoms with Crippen molar-refractivity contribution in [2.45, 2.75) is 12.8 Å². The molecule has 0 radical (unpaired) electrons. The van der Waals surface area contributed by atoms with E-state index in [-0.39, 0.29) is 11.4 Å². The van der Waals surface area contributed by atoms with Crippen LogP contribution in [-0.2, 0) is 9.53 Å². The summed E-state index contributed by atoms with van der Waals surface area (Å²) in [7, 11) is 1.28. The molecule has 1 aromatic heterocycles. The second-order valence-electron chi connectivity index (χ2n) is 4.54. The maximum atomic E-state index is 11.6. The summed E-state index contributed by atoms with van der Waals surface area (Å²) >= 11 is 5.60. The van der Waals surface area contributed by atoms with Crippen molar-refractivity contribution in [1.82, 2.24) is 4.98 Å². The number of hydrogen-bond acceptors (Lipinski definition) is 5. The number of nitrogens with zero attached hydrogens (tertiary/aromatic N) is 1. The number of carbonyl (C=O) groups excluding carboxylic acids is 2. The highest BCUT2D eigenvalue weighted by Crippen LogP contribution is 2.27. The fourth-order valence-corrected chi connectivity index (χ4v) is 2.09. The number of ether oxygens (including phenoxy) is 2. The second kappa shape index (κ2) is 7.04. The Labute approximate surface area is 132 Å². The molecule has 1 unspecified atom stereocenters. The summed E-state index contributed by atoms with van der Waals surface area (Å²) in [6.45, 7) is 1.61. The molecular weight excluding hydrogens is 306 g/mol. The average Bonchev–Trinajstić information content (AvgIpc) is 2.54. The largest absolute Gasteiger partial charge is 0.469 e. The van der Waals surface area contributed by atoms with E-state index < -0.39 is 17.1 Å². The summed E-state index contributed by atoms with van der Waals surface area (Å²) in [5.74, 6) is -0.327. The first-order valence-corrected chi connectivity index (χ1v) is 6.91. The number of halogens is 1. The van der Waals surface area contributed by atoms with Gasteiger partial charge in [0.2, 0.25) is 5.88 Å². The van der Waals surface area contributed by atoms with Crippen molar-refractivity contribution >= 4 is 22.8 Å². The number of rotatable bonds is 5. The molecule has 1 aromatic carbocycles. The van der Waals surface area contributed by atoms with Crippen molar-refractivity contribution in [3.05, 3.63) is 53.7 Å². The van der Waals surface area contributed by atoms with E-state index in [0.717, 1.165) is 0 Å². The lowest BCUT2D eigenvalue weighted by atomic mass is 9.98. The number of carbonyl (C=O) groups is 2. The zero-order valence-electron chi connectivity index (χ0n) is 12.1. The third-order valence-corrected chi connectivity index (χ3v) is 3.31. The van der Waals surface area contributed by atoms with E-state index in [9.17, 15) is 9.59 Å². The molecule has 0 N–H and O–H groups in total. The topological polar surface area (TPSA) is 65.5 Å². The van der Waals surface area contributed by atoms with Crippen LogP contribution in [0.15, 0.2) is 42.6 Å². The first kappa shape index (κ1) is 16.0. The maximum Gasteiger partial charge on any atom is 0.312 e. The van der Waals surface area contributed by atoms with E-state index in [2.05, 4.69) is 9.72 Å². The maximum absolute atomic E-state index is 11.6. The van der Waals surface area contributed by atoms with E-state index in [1.54, 1.807) is 19.1 Å². The van der Waals surface area contributed by atoms with Crippen molar-refractivity contribution in [1.29, 1.82) is 0 Å². The smallest absolute Gasteiger partial charge is 0.312 e. The van der Waals surface area contributed by atoms with Crippen molar-refractivity contribution < 1.29 is 19.1 Å². The van der Waals surface area contributed by atoms with Crippen LogP contribution in [0.3, 0.4) is 0 Å². The van der Waals surface area contributed by atoms with Crippen LogP contribution in [0, 0.1) is 0 Å².